The van der Waals surface area contributed by atoms with Gasteiger partial charge in [-0.25, -0.2) is 4.39 Å². The van der Waals surface area contributed by atoms with Crippen molar-refractivity contribution in [2.75, 3.05) is 0 Å². The normalized spacial score (nSPS) is 17.4. The molecule has 1 aliphatic rings. The highest BCUT2D eigenvalue weighted by molar-refractivity contribution is 5.61. The first-order valence-corrected chi connectivity index (χ1v) is 7.56. The van der Waals surface area contributed by atoms with Crippen LogP contribution in [0.15, 0.2) is 22.7 Å². The third-order valence-corrected chi connectivity index (χ3v) is 4.10. The number of aromatic hydroxyl groups is 1. The smallest absolute Gasteiger partial charge is 0.261 e. The predicted octanol–water partition coefficient (Wildman–Crippen LogP) is 4.41. The highest BCUT2D eigenvalue weighted by Crippen LogP contribution is 2.33. The molecule has 1 N–H and O–H groups in total. The van der Waals surface area contributed by atoms with Crippen molar-refractivity contribution >= 4 is 0 Å². The Kier molecular flexibility index (Phi) is 4.18. The Bertz CT molecular complexity index is 604. The SMILES string of the molecule is Oc1cc(F)ccc1-c1nc(C2CCCCCCC2)no1. The summed E-state index contributed by atoms with van der Waals surface area (Å²) in [7, 11) is 0. The number of aromatic nitrogens is 2. The molecule has 112 valence electrons. The fourth-order valence-corrected chi connectivity index (χ4v) is 2.91. The Morgan fingerprint density at radius 1 is 1.10 bits per heavy atom. The number of nitrogens with zero attached hydrogens (tertiary/aromatic N) is 2. The molecular weight excluding hydrogens is 271 g/mol. The number of hydrogen-bond donors (Lipinski definition) is 1. The average Bonchev–Trinajstić information content (AvgIpc) is 2.87. The van der Waals surface area contributed by atoms with Crippen LogP contribution in [0.2, 0.25) is 0 Å². The molecular formula is C16H19FN2O2. The van der Waals surface area contributed by atoms with Crippen molar-refractivity contribution in [2.45, 2.75) is 50.9 Å². The maximum atomic E-state index is 13.0. The van der Waals surface area contributed by atoms with Crippen LogP contribution in [-0.4, -0.2) is 15.2 Å². The van der Waals surface area contributed by atoms with Crippen LogP contribution in [0.25, 0.3) is 11.5 Å². The summed E-state index contributed by atoms with van der Waals surface area (Å²) in [5, 5.41) is 13.8. The molecule has 0 radical (unpaired) electrons. The van der Waals surface area contributed by atoms with Gasteiger partial charge in [0.15, 0.2) is 5.82 Å². The number of benzene rings is 1. The second-order valence-electron chi connectivity index (χ2n) is 5.66. The molecule has 5 heteroatoms. The summed E-state index contributed by atoms with van der Waals surface area (Å²) in [6.07, 6.45) is 8.38. The van der Waals surface area contributed by atoms with Gasteiger partial charge in [-0.15, -0.1) is 0 Å². The molecule has 4 nitrogen and oxygen atoms in total. The van der Waals surface area contributed by atoms with Crippen LogP contribution in [0, 0.1) is 5.82 Å². The van der Waals surface area contributed by atoms with Gasteiger partial charge in [0, 0.05) is 12.0 Å². The van der Waals surface area contributed by atoms with Gasteiger partial charge in [-0.2, -0.15) is 4.98 Å². The van der Waals surface area contributed by atoms with Gasteiger partial charge in [0.25, 0.3) is 5.89 Å². The maximum absolute atomic E-state index is 13.0. The molecule has 1 fully saturated rings. The fourth-order valence-electron chi connectivity index (χ4n) is 2.91. The largest absolute Gasteiger partial charge is 0.507 e. The summed E-state index contributed by atoms with van der Waals surface area (Å²) < 4.78 is 18.3. The number of phenols is 1. The zero-order valence-corrected chi connectivity index (χ0v) is 11.9. The summed E-state index contributed by atoms with van der Waals surface area (Å²) in [4.78, 5) is 4.41. The Balaban J connectivity index is 1.81. The van der Waals surface area contributed by atoms with E-state index in [-0.39, 0.29) is 11.6 Å². The lowest BCUT2D eigenvalue weighted by molar-refractivity contribution is 0.391. The molecule has 0 amide bonds. The van der Waals surface area contributed by atoms with Gasteiger partial charge < -0.3 is 9.63 Å². The zero-order valence-electron chi connectivity index (χ0n) is 11.9. The minimum absolute atomic E-state index is 0.178. The molecule has 1 aromatic carbocycles. The molecule has 0 bridgehead atoms. The van der Waals surface area contributed by atoms with E-state index in [4.69, 9.17) is 4.52 Å². The van der Waals surface area contributed by atoms with Gasteiger partial charge in [0.05, 0.1) is 5.56 Å². The third-order valence-electron chi connectivity index (χ3n) is 4.10. The summed E-state index contributed by atoms with van der Waals surface area (Å²) in [5.41, 5.74) is 0.376. The Morgan fingerprint density at radius 3 is 2.52 bits per heavy atom. The molecule has 1 aliphatic carbocycles. The zero-order chi connectivity index (χ0) is 14.7. The van der Waals surface area contributed by atoms with E-state index < -0.39 is 5.82 Å². The van der Waals surface area contributed by atoms with Crippen molar-refractivity contribution in [3.05, 3.63) is 29.8 Å². The van der Waals surface area contributed by atoms with Crippen molar-refractivity contribution in [1.82, 2.24) is 10.1 Å². The monoisotopic (exact) mass is 290 g/mol. The topological polar surface area (TPSA) is 59.2 Å². The fraction of sp³-hybridized carbons (Fsp3) is 0.500. The average molecular weight is 290 g/mol. The van der Waals surface area contributed by atoms with Crippen LogP contribution in [0.1, 0.15) is 56.7 Å². The Morgan fingerprint density at radius 2 is 1.81 bits per heavy atom. The van der Waals surface area contributed by atoms with Gasteiger partial charge in [0.1, 0.15) is 11.6 Å². The van der Waals surface area contributed by atoms with Gasteiger partial charge in [-0.05, 0) is 25.0 Å². The first-order valence-electron chi connectivity index (χ1n) is 7.56. The molecule has 0 saturated heterocycles. The second-order valence-corrected chi connectivity index (χ2v) is 5.66. The third kappa shape index (κ3) is 3.23. The van der Waals surface area contributed by atoms with Crippen molar-refractivity contribution < 1.29 is 14.0 Å². The minimum atomic E-state index is -0.490. The summed E-state index contributed by atoms with van der Waals surface area (Å²) in [6.45, 7) is 0. The number of hydrogen-bond acceptors (Lipinski definition) is 4. The van der Waals surface area contributed by atoms with E-state index in [9.17, 15) is 9.50 Å². The highest BCUT2D eigenvalue weighted by atomic mass is 19.1. The quantitative estimate of drug-likeness (QED) is 0.890. The molecule has 3 rings (SSSR count). The van der Waals surface area contributed by atoms with E-state index in [1.54, 1.807) is 0 Å². The van der Waals surface area contributed by atoms with E-state index in [1.165, 1.54) is 44.2 Å². The minimum Gasteiger partial charge on any atom is -0.507 e. The standard InChI is InChI=1S/C16H19FN2O2/c17-12-8-9-13(14(20)10-12)16-18-15(19-21-16)11-6-4-2-1-3-5-7-11/h8-11,20H,1-7H2. The number of rotatable bonds is 2. The van der Waals surface area contributed by atoms with Gasteiger partial charge in [0.2, 0.25) is 0 Å². The van der Waals surface area contributed by atoms with E-state index in [1.807, 2.05) is 0 Å². The molecule has 0 atom stereocenters. The van der Waals surface area contributed by atoms with Crippen LogP contribution >= 0.6 is 0 Å². The van der Waals surface area contributed by atoms with E-state index >= 15 is 0 Å². The lowest BCUT2D eigenvalue weighted by Gasteiger charge is -2.15. The predicted molar refractivity (Wildman–Crippen MR) is 76.4 cm³/mol. The number of halogens is 1. The summed E-state index contributed by atoms with van der Waals surface area (Å²) >= 11 is 0. The van der Waals surface area contributed by atoms with E-state index in [2.05, 4.69) is 10.1 Å². The van der Waals surface area contributed by atoms with Crippen LogP contribution < -0.4 is 0 Å². The van der Waals surface area contributed by atoms with Crippen LogP contribution in [-0.2, 0) is 0 Å². The molecule has 2 aromatic rings. The van der Waals surface area contributed by atoms with Crippen molar-refractivity contribution in [2.24, 2.45) is 0 Å². The van der Waals surface area contributed by atoms with Gasteiger partial charge >= 0.3 is 0 Å². The van der Waals surface area contributed by atoms with Crippen molar-refractivity contribution in [3.8, 4) is 17.2 Å². The van der Waals surface area contributed by atoms with E-state index in [0.717, 1.165) is 18.9 Å². The summed E-state index contributed by atoms with van der Waals surface area (Å²) in [6, 6.07) is 3.78. The molecule has 1 saturated carbocycles. The van der Waals surface area contributed by atoms with E-state index in [0.29, 0.717) is 17.3 Å². The molecule has 1 heterocycles. The molecule has 1 aromatic heterocycles. The Hall–Kier alpha value is -1.91. The second kappa shape index (κ2) is 6.24. The van der Waals surface area contributed by atoms with Gasteiger partial charge in [-0.1, -0.05) is 37.3 Å². The van der Waals surface area contributed by atoms with Crippen LogP contribution in [0.4, 0.5) is 4.39 Å². The lowest BCUT2D eigenvalue weighted by Crippen LogP contribution is -2.04. The molecule has 0 aliphatic heterocycles. The first-order chi connectivity index (χ1) is 10.2. The van der Waals surface area contributed by atoms with Crippen LogP contribution in [0.3, 0.4) is 0 Å². The maximum Gasteiger partial charge on any atom is 0.261 e. The Labute approximate surface area is 123 Å². The lowest BCUT2D eigenvalue weighted by atomic mass is 9.91. The summed E-state index contributed by atoms with van der Waals surface area (Å²) in [5.74, 6) is 0.615. The van der Waals surface area contributed by atoms with Gasteiger partial charge in [-0.3, -0.25) is 0 Å². The molecule has 21 heavy (non-hydrogen) atoms. The first kappa shape index (κ1) is 14.0. The molecule has 0 unspecified atom stereocenters. The van der Waals surface area contributed by atoms with Crippen molar-refractivity contribution in [3.63, 3.8) is 0 Å². The van der Waals surface area contributed by atoms with Crippen LogP contribution in [0.5, 0.6) is 5.75 Å². The molecule has 0 spiro atoms. The number of phenolic OH excluding ortho intramolecular Hbond substituents is 1. The van der Waals surface area contributed by atoms with Crippen molar-refractivity contribution in [1.29, 1.82) is 0 Å². The highest BCUT2D eigenvalue weighted by Gasteiger charge is 2.21.